The van der Waals surface area contributed by atoms with E-state index < -0.39 is 0 Å². The van der Waals surface area contributed by atoms with E-state index >= 15 is 0 Å². The number of hydrogen-bond donors (Lipinski definition) is 1. The van der Waals surface area contributed by atoms with Crippen LogP contribution in [0.1, 0.15) is 25.7 Å². The molecule has 108 valence electrons. The minimum Gasteiger partial charge on any atom is -0.497 e. The second-order valence-electron chi connectivity index (χ2n) is 4.72. The van der Waals surface area contributed by atoms with Gasteiger partial charge in [0.05, 0.1) is 7.11 Å². The zero-order chi connectivity index (χ0) is 14.4. The van der Waals surface area contributed by atoms with E-state index in [1.165, 1.54) is 0 Å². The zero-order valence-corrected chi connectivity index (χ0v) is 12.2. The molecule has 0 spiro atoms. The molecule has 1 N–H and O–H groups in total. The summed E-state index contributed by atoms with van der Waals surface area (Å²) in [5, 5.41) is 7.31. The quantitative estimate of drug-likeness (QED) is 0.841. The van der Waals surface area contributed by atoms with Crippen molar-refractivity contribution < 1.29 is 9.26 Å². The molecule has 1 atom stereocenters. The molecule has 0 aliphatic heterocycles. The minimum atomic E-state index is 0.374. The van der Waals surface area contributed by atoms with Gasteiger partial charge in [0.1, 0.15) is 5.75 Å². The number of benzene rings is 1. The third kappa shape index (κ3) is 3.57. The molecule has 1 aromatic heterocycles. The number of aromatic nitrogens is 2. The van der Waals surface area contributed by atoms with Crippen LogP contribution in [0.15, 0.2) is 28.8 Å². The van der Waals surface area contributed by atoms with Gasteiger partial charge in [-0.15, -0.1) is 0 Å². The summed E-state index contributed by atoms with van der Waals surface area (Å²) in [6.07, 6.45) is 2.97. The first kappa shape index (κ1) is 14.5. The van der Waals surface area contributed by atoms with Crippen molar-refractivity contribution >= 4 is 0 Å². The average molecular weight is 275 g/mol. The van der Waals surface area contributed by atoms with Crippen molar-refractivity contribution in [2.24, 2.45) is 0 Å². The van der Waals surface area contributed by atoms with Crippen molar-refractivity contribution in [3.05, 3.63) is 30.2 Å². The number of nitrogens with one attached hydrogen (secondary N) is 1. The van der Waals surface area contributed by atoms with Gasteiger partial charge in [-0.05, 0) is 25.6 Å². The van der Waals surface area contributed by atoms with Gasteiger partial charge in [0.25, 0.3) is 0 Å². The molecule has 5 nitrogen and oxygen atoms in total. The molecule has 0 aliphatic rings. The van der Waals surface area contributed by atoms with E-state index in [4.69, 9.17) is 9.26 Å². The number of nitrogens with zero attached hydrogens (tertiary/aromatic N) is 2. The van der Waals surface area contributed by atoms with Gasteiger partial charge in [-0.3, -0.25) is 0 Å². The fraction of sp³-hybridized carbons (Fsp3) is 0.467. The highest BCUT2D eigenvalue weighted by atomic mass is 16.5. The van der Waals surface area contributed by atoms with Gasteiger partial charge in [-0.2, -0.15) is 4.98 Å². The van der Waals surface area contributed by atoms with Crippen molar-refractivity contribution in [3.63, 3.8) is 0 Å². The predicted molar refractivity (Wildman–Crippen MR) is 77.7 cm³/mol. The van der Waals surface area contributed by atoms with Gasteiger partial charge in [-0.25, -0.2) is 0 Å². The van der Waals surface area contributed by atoms with Gasteiger partial charge < -0.3 is 14.6 Å². The SMILES string of the molecule is CCCC(Cc1nc(-c2cccc(OC)c2)no1)NC. The maximum Gasteiger partial charge on any atom is 0.228 e. The molecule has 0 saturated carbocycles. The van der Waals surface area contributed by atoms with E-state index in [1.54, 1.807) is 7.11 Å². The summed E-state index contributed by atoms with van der Waals surface area (Å²) in [6.45, 7) is 2.17. The van der Waals surface area contributed by atoms with E-state index in [1.807, 2.05) is 31.3 Å². The Hall–Kier alpha value is -1.88. The monoisotopic (exact) mass is 275 g/mol. The largest absolute Gasteiger partial charge is 0.497 e. The molecule has 0 aliphatic carbocycles. The zero-order valence-electron chi connectivity index (χ0n) is 12.2. The Morgan fingerprint density at radius 1 is 1.40 bits per heavy atom. The van der Waals surface area contributed by atoms with E-state index in [0.29, 0.717) is 17.8 Å². The van der Waals surface area contributed by atoms with Crippen LogP contribution in [0, 0.1) is 0 Å². The lowest BCUT2D eigenvalue weighted by molar-refractivity contribution is 0.356. The van der Waals surface area contributed by atoms with Crippen molar-refractivity contribution in [2.45, 2.75) is 32.2 Å². The summed E-state index contributed by atoms with van der Waals surface area (Å²) in [6, 6.07) is 8.02. The van der Waals surface area contributed by atoms with Crippen LogP contribution in [-0.4, -0.2) is 30.3 Å². The van der Waals surface area contributed by atoms with Crippen LogP contribution in [0.4, 0.5) is 0 Å². The summed E-state index contributed by atoms with van der Waals surface area (Å²) in [7, 11) is 3.60. The van der Waals surface area contributed by atoms with Crippen LogP contribution in [0.25, 0.3) is 11.4 Å². The van der Waals surface area contributed by atoms with Crippen LogP contribution in [-0.2, 0) is 6.42 Å². The Balaban J connectivity index is 2.11. The lowest BCUT2D eigenvalue weighted by Crippen LogP contribution is -2.27. The van der Waals surface area contributed by atoms with Gasteiger partial charge in [-0.1, -0.05) is 30.6 Å². The molecule has 0 amide bonds. The molecular weight excluding hydrogens is 254 g/mol. The fourth-order valence-corrected chi connectivity index (χ4v) is 2.12. The maximum atomic E-state index is 5.33. The Labute approximate surface area is 119 Å². The number of likely N-dealkylation sites (N-methyl/N-ethyl adjacent to an activating group) is 1. The average Bonchev–Trinajstić information content (AvgIpc) is 2.95. The number of methoxy groups -OCH3 is 1. The third-order valence-electron chi connectivity index (χ3n) is 3.26. The molecule has 2 aromatic rings. The topological polar surface area (TPSA) is 60.2 Å². The second-order valence-corrected chi connectivity index (χ2v) is 4.72. The van der Waals surface area contributed by atoms with Crippen LogP contribution in [0.3, 0.4) is 0 Å². The smallest absolute Gasteiger partial charge is 0.228 e. The normalized spacial score (nSPS) is 12.3. The molecule has 1 unspecified atom stereocenters. The number of hydrogen-bond acceptors (Lipinski definition) is 5. The van der Waals surface area contributed by atoms with Crippen molar-refractivity contribution in [2.75, 3.05) is 14.2 Å². The maximum absolute atomic E-state index is 5.33. The van der Waals surface area contributed by atoms with Gasteiger partial charge >= 0.3 is 0 Å². The molecule has 0 bridgehead atoms. The number of rotatable bonds is 7. The number of ether oxygens (including phenoxy) is 1. The lowest BCUT2D eigenvalue weighted by Gasteiger charge is -2.11. The highest BCUT2D eigenvalue weighted by Gasteiger charge is 2.13. The van der Waals surface area contributed by atoms with Crippen LogP contribution in [0.2, 0.25) is 0 Å². The van der Waals surface area contributed by atoms with Gasteiger partial charge in [0, 0.05) is 18.0 Å². The first-order valence-corrected chi connectivity index (χ1v) is 6.91. The van der Waals surface area contributed by atoms with E-state index in [2.05, 4.69) is 22.4 Å². The summed E-state index contributed by atoms with van der Waals surface area (Å²) in [5.41, 5.74) is 0.899. The fourth-order valence-electron chi connectivity index (χ4n) is 2.12. The predicted octanol–water partition coefficient (Wildman–Crippen LogP) is 2.68. The van der Waals surface area contributed by atoms with Crippen molar-refractivity contribution in [3.8, 4) is 17.1 Å². The molecule has 0 saturated heterocycles. The first-order valence-electron chi connectivity index (χ1n) is 6.91. The van der Waals surface area contributed by atoms with Crippen molar-refractivity contribution in [1.82, 2.24) is 15.5 Å². The molecule has 0 radical (unpaired) electrons. The standard InChI is InChI=1S/C15H21N3O2/c1-4-6-12(16-2)10-14-17-15(18-20-14)11-7-5-8-13(9-11)19-3/h5,7-9,12,16H,4,6,10H2,1-3H3. The summed E-state index contributed by atoms with van der Waals surface area (Å²) in [5.74, 6) is 2.05. The molecular formula is C15H21N3O2. The summed E-state index contributed by atoms with van der Waals surface area (Å²) >= 11 is 0. The molecule has 2 rings (SSSR count). The lowest BCUT2D eigenvalue weighted by atomic mass is 10.1. The summed E-state index contributed by atoms with van der Waals surface area (Å²) < 4.78 is 10.5. The molecule has 5 heteroatoms. The Morgan fingerprint density at radius 2 is 2.25 bits per heavy atom. The second kappa shape index (κ2) is 7.05. The van der Waals surface area contributed by atoms with E-state index in [-0.39, 0.29) is 0 Å². The minimum absolute atomic E-state index is 0.374. The van der Waals surface area contributed by atoms with Crippen molar-refractivity contribution in [1.29, 1.82) is 0 Å². The van der Waals surface area contributed by atoms with Gasteiger partial charge in [0.2, 0.25) is 11.7 Å². The molecule has 1 heterocycles. The van der Waals surface area contributed by atoms with Crippen LogP contribution >= 0.6 is 0 Å². The van der Waals surface area contributed by atoms with Crippen LogP contribution in [0.5, 0.6) is 5.75 Å². The Morgan fingerprint density at radius 3 is 2.95 bits per heavy atom. The Kier molecular flexibility index (Phi) is 5.12. The van der Waals surface area contributed by atoms with Crippen LogP contribution < -0.4 is 10.1 Å². The van der Waals surface area contributed by atoms with E-state index in [0.717, 1.165) is 30.6 Å². The molecule has 20 heavy (non-hydrogen) atoms. The Bertz CT molecular complexity index is 539. The molecule has 1 aromatic carbocycles. The third-order valence-corrected chi connectivity index (χ3v) is 3.26. The van der Waals surface area contributed by atoms with E-state index in [9.17, 15) is 0 Å². The summed E-state index contributed by atoms with van der Waals surface area (Å²) in [4.78, 5) is 4.45. The van der Waals surface area contributed by atoms with Gasteiger partial charge in [0.15, 0.2) is 0 Å². The molecule has 0 fully saturated rings. The highest BCUT2D eigenvalue weighted by Crippen LogP contribution is 2.21. The first-order chi connectivity index (χ1) is 9.76. The highest BCUT2D eigenvalue weighted by molar-refractivity contribution is 5.56.